The van der Waals surface area contributed by atoms with Gasteiger partial charge in [-0.2, -0.15) is 18.2 Å². The zero-order valence-corrected chi connectivity index (χ0v) is 54.7. The molecule has 2 aliphatic rings. The molecule has 1 aliphatic carbocycles. The predicted molar refractivity (Wildman–Crippen MR) is 379 cm³/mol. The maximum Gasteiger partial charge on any atom is 0.268 e. The molecule has 4 aromatic heterocycles. The molecule has 0 saturated heterocycles. The minimum absolute atomic E-state index is 0. The van der Waals surface area contributed by atoms with Crippen molar-refractivity contribution in [3.8, 4) is 90.0 Å². The first kappa shape index (κ1) is 47.1. The van der Waals surface area contributed by atoms with Crippen molar-refractivity contribution in [1.29, 1.82) is 0 Å². The molecule has 1 aliphatic heterocycles. The van der Waals surface area contributed by atoms with E-state index in [-0.39, 0.29) is 71.6 Å². The fraction of sp³-hybridized carbons (Fsp3) is 0.163. The summed E-state index contributed by atoms with van der Waals surface area (Å²) >= 11 is 0. The number of nitrogens with zero attached hydrogens (tertiary/aromatic N) is 5. The van der Waals surface area contributed by atoms with Crippen LogP contribution in [0.1, 0.15) is 104 Å². The summed E-state index contributed by atoms with van der Waals surface area (Å²) in [5.74, 6) is 1.48. The van der Waals surface area contributed by atoms with E-state index in [0.29, 0.717) is 61.8 Å². The summed E-state index contributed by atoms with van der Waals surface area (Å²) < 4.78 is 116. The van der Waals surface area contributed by atoms with E-state index in [9.17, 15) is 11.0 Å². The van der Waals surface area contributed by atoms with Crippen molar-refractivity contribution < 1.29 is 45.4 Å². The Balaban J connectivity index is 0.00000833. The number of aromatic nitrogens is 5. The van der Waals surface area contributed by atoms with E-state index in [1.165, 1.54) is 18.2 Å². The van der Waals surface area contributed by atoms with Gasteiger partial charge in [0, 0.05) is 63.3 Å². The molecule has 0 bridgehead atoms. The minimum atomic E-state index is -2.77. The van der Waals surface area contributed by atoms with Gasteiger partial charge in [-0.25, -0.2) is 4.98 Å². The largest absolute Gasteiger partial charge is 0.510 e. The monoisotopic (exact) mass is 1390 g/mol. The molecule has 15 aromatic rings. The molecule has 0 saturated carbocycles. The van der Waals surface area contributed by atoms with Gasteiger partial charge in [-0.05, 0) is 192 Å². The molecule has 0 radical (unpaired) electrons. The van der Waals surface area contributed by atoms with Crippen LogP contribution < -0.4 is 9.30 Å². The number of para-hydroxylation sites is 3. The molecular formula is C86H69N5OPt-2. The van der Waals surface area contributed by atoms with Crippen molar-refractivity contribution in [1.82, 2.24) is 18.7 Å². The number of imidazole rings is 1. The Kier molecular flexibility index (Phi) is 10.9. The van der Waals surface area contributed by atoms with Gasteiger partial charge in [-0.3, -0.25) is 4.57 Å². The Morgan fingerprint density at radius 3 is 1.78 bits per heavy atom. The first-order valence-corrected chi connectivity index (χ1v) is 31.4. The standard InChI is InChI=1S/C86H69N5O.Pt/c1-53-23-21-24-54(2)81(53)57-44-71-69-51-73-72(85(6,7)40-41-86(73,8)9)50-68(69)62-29-13-14-30-63(62)70-43-56(55-25-11-10-12-26-55)45-78-82(70)89(83(71)79(46-57)90-74-34-18-15-31-64(74)65-32-16-19-35-75(65)90)52-88(78)59-27-22-28-60(48-59)92-61-37-38-67-66-33-17-20-36-76(66)91(77(67)49-61)80-47-58(39-42-87-80)84(3,4)5;/h10-39,42-47,50-51H,40-41H2,1-9H3;/q-2;/i1D3,2D3,10D,11D,12D,25D,26D;. The molecule has 0 N–H and O–H groups in total. The summed E-state index contributed by atoms with van der Waals surface area (Å²) in [6.45, 7) is 10.1. The van der Waals surface area contributed by atoms with Crippen molar-refractivity contribution >= 4 is 54.6 Å². The molecule has 11 aromatic carbocycles. The molecule has 6 nitrogen and oxygen atoms in total. The normalized spacial score (nSPS) is 15.8. The van der Waals surface area contributed by atoms with Crippen LogP contribution in [0.4, 0.5) is 0 Å². The SMILES string of the molecule is [2H]c1c([2H])c([2H])c(-c2cc3c4c(c2)n(-c2[c-]c(Oc5[c-]c6c(cc5)c5ccccc5n6-c5cc(C(C)(C)C)ccn5)ccc2)[c-][n+]4-c2c(cc(-c4c(C([2H])([2H])[2H])cccc4C([2H])([2H])[2H])cc2-n2c4ccccc4c4ccccc42)-c2cc4c(cc2-c2ccccc2-3)C(C)(C)CCC4(C)C)c([2H])c1[2H].[Pt]. The number of hydrogen-bond donors (Lipinski definition) is 0. The van der Waals surface area contributed by atoms with Gasteiger partial charge < -0.3 is 18.4 Å². The zero-order chi connectivity index (χ0) is 71.9. The van der Waals surface area contributed by atoms with Crippen LogP contribution in [0.2, 0.25) is 0 Å². The third-order valence-corrected chi connectivity index (χ3v) is 19.4. The van der Waals surface area contributed by atoms with Gasteiger partial charge >= 0.3 is 0 Å². The van der Waals surface area contributed by atoms with Crippen LogP contribution in [0.15, 0.2) is 231 Å². The van der Waals surface area contributed by atoms with Gasteiger partial charge in [0.15, 0.2) is 0 Å². The van der Waals surface area contributed by atoms with Gasteiger partial charge in [-0.15, -0.1) is 29.7 Å². The van der Waals surface area contributed by atoms with Crippen molar-refractivity contribution in [2.24, 2.45) is 0 Å². The molecule has 0 spiro atoms. The molecule has 93 heavy (non-hydrogen) atoms. The molecule has 5 heterocycles. The van der Waals surface area contributed by atoms with Crippen LogP contribution in [-0.2, 0) is 37.3 Å². The molecule has 0 fully saturated rings. The second kappa shape index (κ2) is 21.6. The molecule has 456 valence electrons. The fourth-order valence-electron chi connectivity index (χ4n) is 14.7. The molecule has 17 rings (SSSR count). The van der Waals surface area contributed by atoms with Gasteiger partial charge in [0.1, 0.15) is 5.82 Å². The second-order valence-electron chi connectivity index (χ2n) is 27.0. The first-order valence-electron chi connectivity index (χ1n) is 36.9. The fourth-order valence-corrected chi connectivity index (χ4v) is 14.7. The summed E-state index contributed by atoms with van der Waals surface area (Å²) in [7, 11) is 0. The number of benzene rings is 11. The Bertz CT molecular complexity index is 6030. The maximum absolute atomic E-state index is 9.61. The Morgan fingerprint density at radius 1 is 0.527 bits per heavy atom. The van der Waals surface area contributed by atoms with E-state index in [1.54, 1.807) is 0 Å². The van der Waals surface area contributed by atoms with Crippen LogP contribution in [0.3, 0.4) is 0 Å². The topological polar surface area (TPSA) is 40.8 Å². The summed E-state index contributed by atoms with van der Waals surface area (Å²) in [5, 5.41) is 3.87. The van der Waals surface area contributed by atoms with Crippen LogP contribution in [0, 0.1) is 32.2 Å². The van der Waals surface area contributed by atoms with Crippen LogP contribution in [0.25, 0.3) is 133 Å². The number of aryl methyl sites for hydroxylation is 2. The third kappa shape index (κ3) is 9.30. The Morgan fingerprint density at radius 2 is 1.12 bits per heavy atom. The molecule has 0 atom stereocenters. The Hall–Kier alpha value is -9.87. The molecule has 0 amide bonds. The number of rotatable bonds is 7. The van der Waals surface area contributed by atoms with E-state index in [4.69, 9.17) is 13.8 Å². The zero-order valence-electron chi connectivity index (χ0n) is 63.4. The molecule has 7 heteroatoms. The second-order valence-corrected chi connectivity index (χ2v) is 27.0. The average molecular weight is 1390 g/mol. The average Bonchev–Trinajstić information content (AvgIpc) is 1.57. The van der Waals surface area contributed by atoms with Crippen LogP contribution >= 0.6 is 0 Å². The number of pyridine rings is 1. The third-order valence-electron chi connectivity index (χ3n) is 19.4. The number of ether oxygens (including phenoxy) is 1. The van der Waals surface area contributed by atoms with E-state index in [2.05, 4.69) is 143 Å². The first-order chi connectivity index (χ1) is 49.1. The molecule has 0 unspecified atom stereocenters. The summed E-state index contributed by atoms with van der Waals surface area (Å²) in [6.07, 6.45) is 7.56. The summed E-state index contributed by atoms with van der Waals surface area (Å²) in [6, 6.07) is 68.2. The van der Waals surface area contributed by atoms with Crippen molar-refractivity contribution in [2.75, 3.05) is 0 Å². The summed E-state index contributed by atoms with van der Waals surface area (Å²) in [4.78, 5) is 4.92. The van der Waals surface area contributed by atoms with Gasteiger partial charge in [0.05, 0.1) is 40.3 Å². The van der Waals surface area contributed by atoms with E-state index < -0.39 is 31.8 Å². The van der Waals surface area contributed by atoms with Gasteiger partial charge in [-0.1, -0.05) is 193 Å². The van der Waals surface area contributed by atoms with Crippen molar-refractivity contribution in [3.05, 3.63) is 277 Å². The van der Waals surface area contributed by atoms with Crippen molar-refractivity contribution in [3.63, 3.8) is 0 Å². The number of fused-ring (bicyclic) bond motifs is 14. The smallest absolute Gasteiger partial charge is 0.268 e. The Labute approximate surface area is 573 Å². The van der Waals surface area contributed by atoms with Crippen LogP contribution in [0.5, 0.6) is 11.5 Å². The van der Waals surface area contributed by atoms with E-state index in [1.807, 2.05) is 125 Å². The van der Waals surface area contributed by atoms with E-state index >= 15 is 0 Å². The summed E-state index contributed by atoms with van der Waals surface area (Å²) in [5.41, 5.74) is 13.7. The minimum Gasteiger partial charge on any atom is -0.510 e. The predicted octanol–water partition coefficient (Wildman–Crippen LogP) is 21.6. The van der Waals surface area contributed by atoms with Crippen LogP contribution in [-0.4, -0.2) is 18.7 Å². The maximum atomic E-state index is 9.61. The van der Waals surface area contributed by atoms with E-state index in [0.717, 1.165) is 101 Å². The number of hydrogen-bond acceptors (Lipinski definition) is 2. The quantitative estimate of drug-likeness (QED) is 0.118. The van der Waals surface area contributed by atoms with Gasteiger partial charge in [0.2, 0.25) is 0 Å². The molecular weight excluding hydrogens is 1310 g/mol. The van der Waals surface area contributed by atoms with Crippen molar-refractivity contribution in [2.45, 2.75) is 91.3 Å². The van der Waals surface area contributed by atoms with Gasteiger partial charge in [0.25, 0.3) is 6.33 Å².